The molecule has 2 aromatic rings. The maximum Gasteiger partial charge on any atom is 0.306 e. The van der Waals surface area contributed by atoms with E-state index in [4.69, 9.17) is 4.74 Å². The summed E-state index contributed by atoms with van der Waals surface area (Å²) >= 11 is 0. The molecular weight excluding hydrogens is 336 g/mol. The summed E-state index contributed by atoms with van der Waals surface area (Å²) in [5.74, 6) is 4.30. The molecule has 0 heterocycles. The zero-order valence-corrected chi connectivity index (χ0v) is 15.5. The number of hydrogen-bond donors (Lipinski definition) is 1. The number of carboxylic acids is 1. The molecule has 0 amide bonds. The summed E-state index contributed by atoms with van der Waals surface area (Å²) < 4.78 is 5.99. The third-order valence-electron chi connectivity index (χ3n) is 7.34. The van der Waals surface area contributed by atoms with Crippen molar-refractivity contribution in [2.75, 3.05) is 0 Å². The van der Waals surface area contributed by atoms with Crippen LogP contribution in [0, 0.1) is 35.5 Å². The van der Waals surface area contributed by atoms with E-state index in [2.05, 4.69) is 18.2 Å². The van der Waals surface area contributed by atoms with E-state index in [0.29, 0.717) is 23.7 Å². The molecule has 0 aliphatic heterocycles. The van der Waals surface area contributed by atoms with Crippen LogP contribution in [0.4, 0.5) is 0 Å². The molecule has 5 rings (SSSR count). The van der Waals surface area contributed by atoms with E-state index in [1.807, 2.05) is 36.4 Å². The van der Waals surface area contributed by atoms with E-state index in [1.165, 1.54) is 18.4 Å². The molecule has 2 unspecified atom stereocenters. The van der Waals surface area contributed by atoms with E-state index in [-0.39, 0.29) is 5.92 Å². The van der Waals surface area contributed by atoms with Gasteiger partial charge >= 0.3 is 5.97 Å². The molecule has 3 aliphatic carbocycles. The molecule has 0 saturated heterocycles. The van der Waals surface area contributed by atoms with Crippen molar-refractivity contribution in [1.82, 2.24) is 0 Å². The minimum Gasteiger partial charge on any atom is -0.481 e. The van der Waals surface area contributed by atoms with Crippen LogP contribution in [0.5, 0.6) is 11.5 Å². The van der Waals surface area contributed by atoms with Crippen molar-refractivity contribution in [3.05, 3.63) is 60.2 Å². The number of aliphatic carboxylic acids is 1. The quantitative estimate of drug-likeness (QED) is 0.774. The van der Waals surface area contributed by atoms with Crippen LogP contribution >= 0.6 is 0 Å². The third-order valence-corrected chi connectivity index (χ3v) is 7.34. The highest BCUT2D eigenvalue weighted by atomic mass is 16.5. The first-order chi connectivity index (χ1) is 13.2. The number of carboxylic acid groups (broad SMARTS) is 1. The minimum atomic E-state index is -0.560. The van der Waals surface area contributed by atoms with E-state index in [9.17, 15) is 9.90 Å². The summed E-state index contributed by atoms with van der Waals surface area (Å²) in [5, 5.41) is 9.49. The average Bonchev–Trinajstić information content (AvgIpc) is 3.36. The molecule has 3 aliphatic rings. The Kier molecular flexibility index (Phi) is 4.18. The molecule has 0 spiro atoms. The normalized spacial score (nSPS) is 33.8. The number of fused-ring (bicyclic) bond motifs is 5. The fourth-order valence-corrected chi connectivity index (χ4v) is 6.46. The van der Waals surface area contributed by atoms with Gasteiger partial charge in [-0.25, -0.2) is 0 Å². The Labute approximate surface area is 160 Å². The van der Waals surface area contributed by atoms with Crippen molar-refractivity contribution in [3.63, 3.8) is 0 Å². The SMILES string of the molecule is O=C(O)[C@@H]1CC2C[C@H]1[C@H]1CCC(Cc3cccc(Oc4ccccc4)c3)[C@@H]21. The second kappa shape index (κ2) is 6.70. The molecule has 3 nitrogen and oxygen atoms in total. The molecule has 3 saturated carbocycles. The Morgan fingerprint density at radius 2 is 1.78 bits per heavy atom. The van der Waals surface area contributed by atoms with Crippen LogP contribution < -0.4 is 4.74 Å². The largest absolute Gasteiger partial charge is 0.481 e. The van der Waals surface area contributed by atoms with Crippen LogP contribution in [0.3, 0.4) is 0 Å². The number of hydrogen-bond acceptors (Lipinski definition) is 2. The Morgan fingerprint density at radius 1 is 0.963 bits per heavy atom. The van der Waals surface area contributed by atoms with Gasteiger partial charge in [0.25, 0.3) is 0 Å². The van der Waals surface area contributed by atoms with Crippen LogP contribution in [-0.2, 0) is 11.2 Å². The van der Waals surface area contributed by atoms with Crippen molar-refractivity contribution < 1.29 is 14.6 Å². The van der Waals surface area contributed by atoms with Gasteiger partial charge in [-0.05, 0) is 91.5 Å². The van der Waals surface area contributed by atoms with Gasteiger partial charge in [-0.3, -0.25) is 4.79 Å². The first-order valence-corrected chi connectivity index (χ1v) is 10.2. The molecule has 27 heavy (non-hydrogen) atoms. The summed E-state index contributed by atoms with van der Waals surface area (Å²) in [6.07, 6.45) is 5.63. The first-order valence-electron chi connectivity index (χ1n) is 10.2. The highest BCUT2D eigenvalue weighted by molar-refractivity contribution is 5.71. The maximum absolute atomic E-state index is 11.5. The zero-order valence-electron chi connectivity index (χ0n) is 15.5. The van der Waals surface area contributed by atoms with Gasteiger partial charge in [0, 0.05) is 0 Å². The maximum atomic E-state index is 11.5. The number of benzene rings is 2. The van der Waals surface area contributed by atoms with Gasteiger partial charge < -0.3 is 9.84 Å². The van der Waals surface area contributed by atoms with Gasteiger partial charge in [-0.15, -0.1) is 0 Å². The standard InChI is InChI=1S/C24H26O3/c25-24(26)22-14-17-13-21(22)20-10-9-16(23(17)20)11-15-5-4-8-19(12-15)27-18-6-2-1-3-7-18/h1-8,12,16-17,20-23H,9-11,13-14H2,(H,25,26)/t16?,17?,20-,21+,22-,23+/m1/s1. The Hall–Kier alpha value is -2.29. The van der Waals surface area contributed by atoms with Crippen molar-refractivity contribution in [1.29, 1.82) is 0 Å². The summed E-state index contributed by atoms with van der Waals surface area (Å²) in [6.45, 7) is 0. The van der Waals surface area contributed by atoms with Crippen LogP contribution in [0.1, 0.15) is 31.2 Å². The first kappa shape index (κ1) is 16.9. The lowest BCUT2D eigenvalue weighted by molar-refractivity contribution is -0.144. The van der Waals surface area contributed by atoms with Crippen LogP contribution in [0.25, 0.3) is 0 Å². The lowest BCUT2D eigenvalue weighted by Crippen LogP contribution is -2.31. The summed E-state index contributed by atoms with van der Waals surface area (Å²) in [7, 11) is 0. The van der Waals surface area contributed by atoms with Crippen LogP contribution in [-0.4, -0.2) is 11.1 Å². The predicted octanol–water partition coefficient (Wildman–Crippen LogP) is 5.40. The smallest absolute Gasteiger partial charge is 0.306 e. The lowest BCUT2D eigenvalue weighted by Gasteiger charge is -2.32. The van der Waals surface area contributed by atoms with Gasteiger partial charge in [0.05, 0.1) is 5.92 Å². The number of ether oxygens (including phenoxy) is 1. The average molecular weight is 362 g/mol. The van der Waals surface area contributed by atoms with Crippen molar-refractivity contribution in [3.8, 4) is 11.5 Å². The second-order valence-corrected chi connectivity index (χ2v) is 8.69. The zero-order chi connectivity index (χ0) is 18.4. The van der Waals surface area contributed by atoms with Gasteiger partial charge in [0.15, 0.2) is 0 Å². The van der Waals surface area contributed by atoms with Gasteiger partial charge in [-0.1, -0.05) is 30.3 Å². The number of para-hydroxylation sites is 1. The molecule has 2 aromatic carbocycles. The summed E-state index contributed by atoms with van der Waals surface area (Å²) in [4.78, 5) is 11.5. The van der Waals surface area contributed by atoms with Gasteiger partial charge in [-0.2, -0.15) is 0 Å². The monoisotopic (exact) mass is 362 g/mol. The van der Waals surface area contributed by atoms with Crippen molar-refractivity contribution >= 4 is 5.97 Å². The number of rotatable bonds is 5. The van der Waals surface area contributed by atoms with E-state index >= 15 is 0 Å². The minimum absolute atomic E-state index is 0.0717. The molecule has 6 atom stereocenters. The van der Waals surface area contributed by atoms with Gasteiger partial charge in [0.2, 0.25) is 0 Å². The number of carbonyl (C=O) groups is 1. The molecule has 1 N–H and O–H groups in total. The fourth-order valence-electron chi connectivity index (χ4n) is 6.46. The van der Waals surface area contributed by atoms with E-state index in [0.717, 1.165) is 36.7 Å². The highest BCUT2D eigenvalue weighted by Crippen LogP contribution is 2.63. The molecule has 3 heteroatoms. The van der Waals surface area contributed by atoms with Gasteiger partial charge in [0.1, 0.15) is 11.5 Å². The van der Waals surface area contributed by atoms with E-state index < -0.39 is 5.97 Å². The van der Waals surface area contributed by atoms with Crippen molar-refractivity contribution in [2.24, 2.45) is 35.5 Å². The van der Waals surface area contributed by atoms with Crippen LogP contribution in [0.2, 0.25) is 0 Å². The lowest BCUT2D eigenvalue weighted by atomic mass is 9.72. The fraction of sp³-hybridized carbons (Fsp3) is 0.458. The molecule has 140 valence electrons. The van der Waals surface area contributed by atoms with Crippen molar-refractivity contribution in [2.45, 2.75) is 32.1 Å². The third kappa shape index (κ3) is 3.03. The topological polar surface area (TPSA) is 46.5 Å². The molecule has 2 bridgehead atoms. The summed E-state index contributed by atoms with van der Waals surface area (Å²) in [5.41, 5.74) is 1.34. The second-order valence-electron chi connectivity index (χ2n) is 8.69. The Bertz CT molecular complexity index is 831. The molecule has 0 aromatic heterocycles. The Morgan fingerprint density at radius 3 is 2.59 bits per heavy atom. The molecule has 3 fully saturated rings. The molecular formula is C24H26O3. The summed E-state index contributed by atoms with van der Waals surface area (Å²) in [6, 6.07) is 18.4. The predicted molar refractivity (Wildman–Crippen MR) is 104 cm³/mol. The van der Waals surface area contributed by atoms with Crippen LogP contribution in [0.15, 0.2) is 54.6 Å². The Balaban J connectivity index is 1.28. The molecule has 0 radical (unpaired) electrons. The highest BCUT2D eigenvalue weighted by Gasteiger charge is 2.58. The van der Waals surface area contributed by atoms with E-state index in [1.54, 1.807) is 0 Å².